The average molecular weight is 303 g/mol. The molecule has 0 aliphatic carbocycles. The van der Waals surface area contributed by atoms with Crippen LogP contribution in [0.25, 0.3) is 10.2 Å². The fraction of sp³-hybridized carbons (Fsp3) is 0.200. The van der Waals surface area contributed by atoms with E-state index in [2.05, 4.69) is 4.98 Å². The van der Waals surface area contributed by atoms with E-state index in [0.717, 1.165) is 25.0 Å². The topological polar surface area (TPSA) is 39.2 Å². The molecule has 0 amide bonds. The van der Waals surface area contributed by atoms with Gasteiger partial charge < -0.3 is 4.74 Å². The minimum atomic E-state index is -0.272. The molecule has 0 N–H and O–H groups in total. The summed E-state index contributed by atoms with van der Waals surface area (Å²) in [5, 5.41) is 0.823. The average Bonchev–Trinajstić information content (AvgIpc) is 2.98. The molecular formula is C15H13NO2S2. The maximum atomic E-state index is 12.0. The van der Waals surface area contributed by atoms with Crippen LogP contribution < -0.4 is 0 Å². The lowest BCUT2D eigenvalue weighted by atomic mass is 10.2. The van der Waals surface area contributed by atoms with E-state index in [1.165, 1.54) is 0 Å². The Morgan fingerprint density at radius 2 is 2.05 bits per heavy atom. The Kier molecular flexibility index (Phi) is 3.54. The van der Waals surface area contributed by atoms with Gasteiger partial charge in [0.1, 0.15) is 11.6 Å². The van der Waals surface area contributed by atoms with Crippen molar-refractivity contribution in [3.05, 3.63) is 50.7 Å². The zero-order chi connectivity index (χ0) is 14.1. The lowest BCUT2D eigenvalue weighted by Gasteiger charge is -2.01. The number of hydrogen-bond acceptors (Lipinski definition) is 5. The molecule has 0 aliphatic heterocycles. The number of fused-ring (bicyclic) bond motifs is 1. The van der Waals surface area contributed by atoms with Gasteiger partial charge >= 0.3 is 5.97 Å². The zero-order valence-electron chi connectivity index (χ0n) is 11.2. The van der Waals surface area contributed by atoms with Gasteiger partial charge in [-0.25, -0.2) is 9.78 Å². The number of carbonyl (C=O) groups is 1. The van der Waals surface area contributed by atoms with E-state index >= 15 is 0 Å². The number of ether oxygens (including phenoxy) is 1. The number of thiophene rings is 1. The van der Waals surface area contributed by atoms with E-state index < -0.39 is 0 Å². The Balaban J connectivity index is 1.73. The summed E-state index contributed by atoms with van der Waals surface area (Å²) in [7, 11) is 0. The second kappa shape index (κ2) is 5.34. The molecule has 2 heterocycles. The number of aryl methyl sites for hydroxylation is 2. The van der Waals surface area contributed by atoms with Crippen molar-refractivity contribution < 1.29 is 9.53 Å². The lowest BCUT2D eigenvalue weighted by Crippen LogP contribution is -2.05. The smallest absolute Gasteiger partial charge is 0.339 e. The van der Waals surface area contributed by atoms with Crippen molar-refractivity contribution in [2.24, 2.45) is 0 Å². The molecule has 0 atom stereocenters. The van der Waals surface area contributed by atoms with Gasteiger partial charge in [0.15, 0.2) is 0 Å². The maximum Gasteiger partial charge on any atom is 0.339 e. The fourth-order valence-corrected chi connectivity index (χ4v) is 3.81. The van der Waals surface area contributed by atoms with E-state index in [-0.39, 0.29) is 12.6 Å². The van der Waals surface area contributed by atoms with Crippen molar-refractivity contribution in [3.8, 4) is 0 Å². The molecule has 3 aromatic rings. The molecule has 0 bridgehead atoms. The van der Waals surface area contributed by atoms with E-state index in [1.54, 1.807) is 22.7 Å². The molecule has 3 rings (SSSR count). The second-order valence-corrected chi connectivity index (χ2v) is 7.05. The minimum Gasteiger partial charge on any atom is -0.455 e. The van der Waals surface area contributed by atoms with Crippen molar-refractivity contribution in [2.45, 2.75) is 20.5 Å². The van der Waals surface area contributed by atoms with Crippen LogP contribution in [0.5, 0.6) is 0 Å². The first kappa shape index (κ1) is 13.3. The van der Waals surface area contributed by atoms with E-state index in [9.17, 15) is 4.79 Å². The zero-order valence-corrected chi connectivity index (χ0v) is 12.8. The van der Waals surface area contributed by atoms with Crippen molar-refractivity contribution >= 4 is 38.9 Å². The summed E-state index contributed by atoms with van der Waals surface area (Å²) in [4.78, 5) is 18.6. The first-order valence-electron chi connectivity index (χ1n) is 6.22. The van der Waals surface area contributed by atoms with E-state index in [4.69, 9.17) is 4.74 Å². The van der Waals surface area contributed by atoms with Crippen LogP contribution in [0.3, 0.4) is 0 Å². The number of esters is 1. The van der Waals surface area contributed by atoms with Gasteiger partial charge in [0.25, 0.3) is 0 Å². The highest BCUT2D eigenvalue weighted by molar-refractivity contribution is 7.18. The molecule has 0 spiro atoms. The number of thiazole rings is 1. The molecule has 0 fully saturated rings. The number of carbonyl (C=O) groups excluding carboxylic acids is 1. The van der Waals surface area contributed by atoms with Crippen LogP contribution in [-0.4, -0.2) is 11.0 Å². The Labute approximate surface area is 124 Å². The minimum absolute atomic E-state index is 0.229. The lowest BCUT2D eigenvalue weighted by molar-refractivity contribution is 0.0472. The quantitative estimate of drug-likeness (QED) is 0.676. The number of benzene rings is 1. The largest absolute Gasteiger partial charge is 0.455 e. The molecule has 0 saturated carbocycles. The van der Waals surface area contributed by atoms with Crippen LogP contribution in [0.2, 0.25) is 0 Å². The number of nitrogens with zero attached hydrogens (tertiary/aromatic N) is 1. The predicted octanol–water partition coefficient (Wildman–Crippen LogP) is 4.33. The highest BCUT2D eigenvalue weighted by Gasteiger charge is 2.14. The highest BCUT2D eigenvalue weighted by Crippen LogP contribution is 2.24. The van der Waals surface area contributed by atoms with Crippen molar-refractivity contribution in [2.75, 3.05) is 0 Å². The van der Waals surface area contributed by atoms with Crippen molar-refractivity contribution in [3.63, 3.8) is 0 Å². The van der Waals surface area contributed by atoms with Gasteiger partial charge in [-0.15, -0.1) is 22.7 Å². The van der Waals surface area contributed by atoms with Crippen molar-refractivity contribution in [1.29, 1.82) is 0 Å². The van der Waals surface area contributed by atoms with Crippen molar-refractivity contribution in [1.82, 2.24) is 4.98 Å². The molecule has 5 heteroatoms. The molecule has 0 aliphatic rings. The monoisotopic (exact) mass is 303 g/mol. The van der Waals surface area contributed by atoms with E-state index in [1.807, 2.05) is 44.2 Å². The predicted molar refractivity (Wildman–Crippen MR) is 82.5 cm³/mol. The molecule has 102 valence electrons. The molecular weight excluding hydrogens is 290 g/mol. The first-order valence-corrected chi connectivity index (χ1v) is 7.85. The molecule has 20 heavy (non-hydrogen) atoms. The molecule has 0 saturated heterocycles. The van der Waals surface area contributed by atoms with Gasteiger partial charge in [0.05, 0.1) is 15.8 Å². The van der Waals surface area contributed by atoms with Crippen LogP contribution in [0.1, 0.15) is 25.1 Å². The van der Waals surface area contributed by atoms with Gasteiger partial charge in [0.2, 0.25) is 0 Å². The fourth-order valence-electron chi connectivity index (χ4n) is 2.02. The number of hydrogen-bond donors (Lipinski definition) is 0. The summed E-state index contributed by atoms with van der Waals surface area (Å²) >= 11 is 3.17. The van der Waals surface area contributed by atoms with Crippen LogP contribution in [0.4, 0.5) is 0 Å². The normalized spacial score (nSPS) is 10.9. The number of aromatic nitrogens is 1. The molecule has 1 aromatic carbocycles. The van der Waals surface area contributed by atoms with Gasteiger partial charge in [-0.1, -0.05) is 12.1 Å². The Hall–Kier alpha value is -1.72. The Morgan fingerprint density at radius 3 is 2.75 bits per heavy atom. The molecule has 3 nitrogen and oxygen atoms in total. The standard InChI is InChI=1S/C15H13NO2S2/c1-9-7-11(10(2)19-9)15(17)18-8-14-16-12-5-3-4-6-13(12)20-14/h3-7H,8H2,1-2H3. The van der Waals surface area contributed by atoms with Crippen LogP contribution >= 0.6 is 22.7 Å². The van der Waals surface area contributed by atoms with Crippen LogP contribution in [-0.2, 0) is 11.3 Å². The third-order valence-electron chi connectivity index (χ3n) is 2.93. The number of para-hydroxylation sites is 1. The van der Waals surface area contributed by atoms with E-state index in [0.29, 0.717) is 5.56 Å². The molecule has 0 radical (unpaired) electrons. The Morgan fingerprint density at radius 1 is 1.25 bits per heavy atom. The summed E-state index contributed by atoms with van der Waals surface area (Å²) in [5.41, 5.74) is 1.61. The molecule has 2 aromatic heterocycles. The summed E-state index contributed by atoms with van der Waals surface area (Å²) in [6.07, 6.45) is 0. The third-order valence-corrected chi connectivity index (χ3v) is 4.90. The summed E-state index contributed by atoms with van der Waals surface area (Å²) in [5.74, 6) is -0.272. The summed E-state index contributed by atoms with van der Waals surface area (Å²) in [6.45, 7) is 4.15. The third kappa shape index (κ3) is 2.59. The van der Waals surface area contributed by atoms with Gasteiger partial charge in [-0.2, -0.15) is 0 Å². The highest BCUT2D eigenvalue weighted by atomic mass is 32.1. The van der Waals surface area contributed by atoms with Crippen LogP contribution in [0, 0.1) is 13.8 Å². The molecule has 0 unspecified atom stereocenters. The Bertz CT molecular complexity index is 740. The van der Waals surface area contributed by atoms with Gasteiger partial charge in [0, 0.05) is 9.75 Å². The maximum absolute atomic E-state index is 12.0. The SMILES string of the molecule is Cc1cc(C(=O)OCc2nc3ccccc3s2)c(C)s1. The summed E-state index contributed by atoms with van der Waals surface area (Å²) in [6, 6.07) is 9.79. The summed E-state index contributed by atoms with van der Waals surface area (Å²) < 4.78 is 6.47. The second-order valence-electron chi connectivity index (χ2n) is 4.48. The van der Waals surface area contributed by atoms with Gasteiger partial charge in [-0.3, -0.25) is 0 Å². The van der Waals surface area contributed by atoms with Gasteiger partial charge in [-0.05, 0) is 32.0 Å². The first-order chi connectivity index (χ1) is 9.63. The number of rotatable bonds is 3. The van der Waals surface area contributed by atoms with Crippen LogP contribution in [0.15, 0.2) is 30.3 Å².